The minimum absolute atomic E-state index is 0.160. The van der Waals surface area contributed by atoms with Gasteiger partial charge in [-0.05, 0) is 18.5 Å². The summed E-state index contributed by atoms with van der Waals surface area (Å²) < 4.78 is 0. The highest BCUT2D eigenvalue weighted by Crippen LogP contribution is 2.17. The smallest absolute Gasteiger partial charge is 0.231 e. The van der Waals surface area contributed by atoms with Crippen LogP contribution in [0, 0.1) is 0 Å². The van der Waals surface area contributed by atoms with Gasteiger partial charge in [-0.2, -0.15) is 0 Å². The van der Waals surface area contributed by atoms with Gasteiger partial charge in [0.25, 0.3) is 0 Å². The van der Waals surface area contributed by atoms with Crippen molar-refractivity contribution >= 4 is 5.91 Å². The molecule has 1 heterocycles. The predicted octanol–water partition coefficient (Wildman–Crippen LogP) is 0.551. The number of nitrogens with zero attached hydrogens (tertiary/aromatic N) is 1. The number of nitrogens with one attached hydrogen (secondary N) is 1. The Morgan fingerprint density at radius 3 is 2.78 bits per heavy atom. The van der Waals surface area contributed by atoms with Gasteiger partial charge in [-0.1, -0.05) is 30.3 Å². The number of hydrogen-bond donors (Lipinski definition) is 2. The quantitative estimate of drug-likeness (QED) is 0.820. The number of benzene rings is 1. The Hall–Kier alpha value is -1.39. The van der Waals surface area contributed by atoms with Gasteiger partial charge in [-0.25, -0.2) is 0 Å². The summed E-state index contributed by atoms with van der Waals surface area (Å²) in [7, 11) is 0. The second-order valence-electron chi connectivity index (χ2n) is 4.63. The van der Waals surface area contributed by atoms with Crippen LogP contribution in [-0.2, 0) is 4.79 Å². The second-order valence-corrected chi connectivity index (χ2v) is 4.63. The number of carbonyl (C=O) groups excluding carboxylic acids is 1. The van der Waals surface area contributed by atoms with Crippen LogP contribution >= 0.6 is 0 Å². The zero-order chi connectivity index (χ0) is 12.8. The van der Waals surface area contributed by atoms with Gasteiger partial charge in [0.1, 0.15) is 0 Å². The molecule has 98 valence electrons. The van der Waals surface area contributed by atoms with E-state index in [0.717, 1.165) is 38.2 Å². The molecule has 1 aromatic carbocycles. The van der Waals surface area contributed by atoms with Crippen LogP contribution < -0.4 is 11.1 Å². The molecule has 1 saturated heterocycles. The Bertz CT molecular complexity index is 372. The maximum absolute atomic E-state index is 12.5. The van der Waals surface area contributed by atoms with Gasteiger partial charge < -0.3 is 16.0 Å². The summed E-state index contributed by atoms with van der Waals surface area (Å²) in [6.07, 6.45) is 1.01. The Morgan fingerprint density at radius 2 is 2.06 bits per heavy atom. The topological polar surface area (TPSA) is 58.4 Å². The van der Waals surface area contributed by atoms with E-state index in [0.29, 0.717) is 6.54 Å². The monoisotopic (exact) mass is 247 g/mol. The lowest BCUT2D eigenvalue weighted by Crippen LogP contribution is -2.39. The van der Waals surface area contributed by atoms with Gasteiger partial charge >= 0.3 is 0 Å². The van der Waals surface area contributed by atoms with Crippen molar-refractivity contribution in [3.05, 3.63) is 35.9 Å². The first-order valence-electron chi connectivity index (χ1n) is 6.57. The Morgan fingerprint density at radius 1 is 1.28 bits per heavy atom. The maximum Gasteiger partial charge on any atom is 0.231 e. The molecule has 3 N–H and O–H groups in total. The van der Waals surface area contributed by atoms with Crippen LogP contribution in [-0.4, -0.2) is 43.5 Å². The molecule has 2 rings (SSSR count). The van der Waals surface area contributed by atoms with Crippen LogP contribution in [0.25, 0.3) is 0 Å². The molecule has 1 aromatic rings. The molecule has 0 spiro atoms. The van der Waals surface area contributed by atoms with Crippen molar-refractivity contribution in [1.29, 1.82) is 0 Å². The normalized spacial score (nSPS) is 18.2. The molecule has 1 amide bonds. The van der Waals surface area contributed by atoms with Crippen LogP contribution in [0.3, 0.4) is 0 Å². The molecular weight excluding hydrogens is 226 g/mol. The first-order chi connectivity index (χ1) is 8.83. The van der Waals surface area contributed by atoms with Crippen molar-refractivity contribution in [3.8, 4) is 0 Å². The fraction of sp³-hybridized carbons (Fsp3) is 0.500. The molecule has 0 aliphatic carbocycles. The van der Waals surface area contributed by atoms with E-state index in [1.807, 2.05) is 35.2 Å². The zero-order valence-electron chi connectivity index (χ0n) is 10.6. The average molecular weight is 247 g/mol. The summed E-state index contributed by atoms with van der Waals surface area (Å²) in [6, 6.07) is 9.82. The Balaban J connectivity index is 2.09. The molecule has 1 atom stereocenters. The molecule has 0 radical (unpaired) electrons. The Labute approximate surface area is 108 Å². The first-order valence-corrected chi connectivity index (χ1v) is 6.57. The molecule has 1 fully saturated rings. The lowest BCUT2D eigenvalue weighted by Gasteiger charge is -2.25. The van der Waals surface area contributed by atoms with Gasteiger partial charge in [-0.15, -0.1) is 0 Å². The number of amides is 1. The largest absolute Gasteiger partial charge is 0.341 e. The van der Waals surface area contributed by atoms with Crippen molar-refractivity contribution in [2.75, 3.05) is 32.7 Å². The van der Waals surface area contributed by atoms with E-state index in [9.17, 15) is 4.79 Å². The van der Waals surface area contributed by atoms with Gasteiger partial charge in [-0.3, -0.25) is 4.79 Å². The minimum Gasteiger partial charge on any atom is -0.341 e. The van der Waals surface area contributed by atoms with Gasteiger partial charge in [0, 0.05) is 26.2 Å². The predicted molar refractivity (Wildman–Crippen MR) is 72.3 cm³/mol. The minimum atomic E-state index is -0.204. The molecular formula is C14H21N3O. The fourth-order valence-electron chi connectivity index (χ4n) is 2.35. The third-order valence-corrected chi connectivity index (χ3v) is 3.39. The van der Waals surface area contributed by atoms with Crippen LogP contribution in [0.4, 0.5) is 0 Å². The van der Waals surface area contributed by atoms with Crippen molar-refractivity contribution in [2.45, 2.75) is 12.3 Å². The zero-order valence-corrected chi connectivity index (χ0v) is 10.6. The third-order valence-electron chi connectivity index (χ3n) is 3.39. The van der Waals surface area contributed by atoms with Crippen LogP contribution in [0.5, 0.6) is 0 Å². The highest BCUT2D eigenvalue weighted by atomic mass is 16.2. The average Bonchev–Trinajstić information content (AvgIpc) is 2.69. The van der Waals surface area contributed by atoms with Crippen molar-refractivity contribution in [3.63, 3.8) is 0 Å². The van der Waals surface area contributed by atoms with E-state index in [4.69, 9.17) is 5.73 Å². The SMILES string of the molecule is NCC(C(=O)N1CCCNCC1)c1ccccc1. The highest BCUT2D eigenvalue weighted by Gasteiger charge is 2.24. The van der Waals surface area contributed by atoms with E-state index < -0.39 is 0 Å². The molecule has 4 heteroatoms. The van der Waals surface area contributed by atoms with E-state index in [-0.39, 0.29) is 11.8 Å². The molecule has 1 aliphatic heterocycles. The second kappa shape index (κ2) is 6.52. The summed E-state index contributed by atoms with van der Waals surface area (Å²) in [5.41, 5.74) is 6.80. The third kappa shape index (κ3) is 3.09. The van der Waals surface area contributed by atoms with E-state index in [2.05, 4.69) is 5.32 Å². The summed E-state index contributed by atoms with van der Waals surface area (Å²) >= 11 is 0. The first kappa shape index (κ1) is 13.1. The summed E-state index contributed by atoms with van der Waals surface area (Å²) in [5, 5.41) is 3.30. The van der Waals surface area contributed by atoms with Crippen molar-refractivity contribution < 1.29 is 4.79 Å². The lowest BCUT2D eigenvalue weighted by molar-refractivity contribution is -0.132. The molecule has 18 heavy (non-hydrogen) atoms. The Kier molecular flexibility index (Phi) is 4.73. The fourth-order valence-corrected chi connectivity index (χ4v) is 2.35. The molecule has 1 unspecified atom stereocenters. The molecule has 4 nitrogen and oxygen atoms in total. The van der Waals surface area contributed by atoms with Crippen LogP contribution in [0.1, 0.15) is 17.9 Å². The molecule has 0 bridgehead atoms. The molecule has 0 aromatic heterocycles. The molecule has 0 saturated carbocycles. The van der Waals surface area contributed by atoms with Crippen LogP contribution in [0.15, 0.2) is 30.3 Å². The van der Waals surface area contributed by atoms with Gasteiger partial charge in [0.15, 0.2) is 0 Å². The number of hydrogen-bond acceptors (Lipinski definition) is 3. The lowest BCUT2D eigenvalue weighted by atomic mass is 9.97. The van der Waals surface area contributed by atoms with Crippen LogP contribution in [0.2, 0.25) is 0 Å². The summed E-state index contributed by atoms with van der Waals surface area (Å²) in [4.78, 5) is 14.4. The van der Waals surface area contributed by atoms with E-state index in [1.54, 1.807) is 0 Å². The number of carbonyl (C=O) groups is 1. The summed E-state index contributed by atoms with van der Waals surface area (Å²) in [5.74, 6) is -0.0447. The number of nitrogens with two attached hydrogens (primary N) is 1. The van der Waals surface area contributed by atoms with E-state index in [1.165, 1.54) is 0 Å². The van der Waals surface area contributed by atoms with Gasteiger partial charge in [0.05, 0.1) is 5.92 Å². The molecule has 1 aliphatic rings. The van der Waals surface area contributed by atoms with Gasteiger partial charge in [0.2, 0.25) is 5.91 Å². The standard InChI is InChI=1S/C14H21N3O/c15-11-13(12-5-2-1-3-6-12)14(18)17-9-4-7-16-8-10-17/h1-3,5-6,13,16H,4,7-11,15H2. The van der Waals surface area contributed by atoms with Crippen molar-refractivity contribution in [1.82, 2.24) is 10.2 Å². The highest BCUT2D eigenvalue weighted by molar-refractivity contribution is 5.84. The van der Waals surface area contributed by atoms with E-state index >= 15 is 0 Å². The van der Waals surface area contributed by atoms with Crippen molar-refractivity contribution in [2.24, 2.45) is 5.73 Å². The summed E-state index contributed by atoms with van der Waals surface area (Å²) in [6.45, 7) is 3.84. The maximum atomic E-state index is 12.5. The number of rotatable bonds is 3.